The van der Waals surface area contributed by atoms with Crippen molar-refractivity contribution in [2.75, 3.05) is 26.8 Å². The molecule has 0 radical (unpaired) electrons. The molecule has 1 fully saturated rings. The van der Waals surface area contributed by atoms with Crippen LogP contribution < -0.4 is 10.1 Å². The molecule has 1 N–H and O–H groups in total. The fourth-order valence-corrected chi connectivity index (χ4v) is 4.49. The van der Waals surface area contributed by atoms with E-state index in [1.54, 1.807) is 43.3 Å². The molecule has 0 aliphatic carbocycles. The summed E-state index contributed by atoms with van der Waals surface area (Å²) in [5.41, 5.74) is 1.31. The normalized spacial score (nSPS) is 16.8. The van der Waals surface area contributed by atoms with Crippen LogP contribution in [0.4, 0.5) is 13.2 Å². The van der Waals surface area contributed by atoms with Gasteiger partial charge >= 0.3 is 6.18 Å². The van der Waals surface area contributed by atoms with Gasteiger partial charge in [0.25, 0.3) is 5.91 Å². The van der Waals surface area contributed by atoms with E-state index in [1.807, 2.05) is 6.92 Å². The number of aromatic nitrogens is 3. The molecule has 0 spiro atoms. The van der Waals surface area contributed by atoms with Crippen LogP contribution in [-0.4, -0.2) is 64.6 Å². The number of aryl methyl sites for hydroxylation is 1. The van der Waals surface area contributed by atoms with Gasteiger partial charge in [-0.1, -0.05) is 0 Å². The lowest BCUT2D eigenvalue weighted by Gasteiger charge is -2.29. The summed E-state index contributed by atoms with van der Waals surface area (Å²) in [4.78, 5) is 38.5. The highest BCUT2D eigenvalue weighted by Crippen LogP contribution is 2.30. The maximum absolute atomic E-state index is 13.1. The summed E-state index contributed by atoms with van der Waals surface area (Å²) in [6.07, 6.45) is -0.433. The summed E-state index contributed by atoms with van der Waals surface area (Å²) in [6.45, 7) is 4.36. The topological polar surface area (TPSA) is 107 Å². The van der Waals surface area contributed by atoms with Gasteiger partial charge in [0.1, 0.15) is 17.4 Å². The van der Waals surface area contributed by atoms with E-state index in [2.05, 4.69) is 20.3 Å². The minimum atomic E-state index is -4.65. The predicted molar refractivity (Wildman–Crippen MR) is 133 cm³/mol. The lowest BCUT2D eigenvalue weighted by Crippen LogP contribution is -2.44. The number of ether oxygens (including phenoxy) is 2. The number of carbonyl (C=O) groups is 2. The van der Waals surface area contributed by atoms with Gasteiger partial charge in [-0.05, 0) is 32.0 Å². The van der Waals surface area contributed by atoms with Crippen LogP contribution in [0, 0.1) is 6.92 Å². The van der Waals surface area contributed by atoms with Gasteiger partial charge in [0.2, 0.25) is 11.7 Å². The molecule has 2 aromatic heterocycles. The molecule has 1 aliphatic rings. The number of nitrogens with zero attached hydrogens (tertiary/aromatic N) is 4. The van der Waals surface area contributed by atoms with Crippen LogP contribution in [0.1, 0.15) is 46.0 Å². The Balaban J connectivity index is 1.48. The van der Waals surface area contributed by atoms with E-state index in [0.717, 1.165) is 17.3 Å². The highest BCUT2D eigenvalue weighted by molar-refractivity contribution is 7.14. The Labute approximate surface area is 221 Å². The van der Waals surface area contributed by atoms with Crippen LogP contribution in [0.2, 0.25) is 0 Å². The summed E-state index contributed by atoms with van der Waals surface area (Å²) < 4.78 is 49.8. The third kappa shape index (κ3) is 6.84. The second-order valence-corrected chi connectivity index (χ2v) is 10.1. The molecule has 9 nitrogen and oxygen atoms in total. The number of rotatable bonds is 8. The molecule has 1 aromatic carbocycles. The van der Waals surface area contributed by atoms with Gasteiger partial charge in [-0.25, -0.2) is 15.0 Å². The smallest absolute Gasteiger partial charge is 0.451 e. The quantitative estimate of drug-likeness (QED) is 0.452. The van der Waals surface area contributed by atoms with Gasteiger partial charge in [-0.15, -0.1) is 11.3 Å². The number of alkyl halides is 3. The van der Waals surface area contributed by atoms with Crippen molar-refractivity contribution in [3.8, 4) is 16.3 Å². The van der Waals surface area contributed by atoms with Gasteiger partial charge in [0.15, 0.2) is 0 Å². The van der Waals surface area contributed by atoms with E-state index in [-0.39, 0.29) is 18.6 Å². The summed E-state index contributed by atoms with van der Waals surface area (Å²) in [5.74, 6) is -1.31. The molecule has 0 unspecified atom stereocenters. The lowest BCUT2D eigenvalue weighted by molar-refractivity contribution is -0.147. The van der Waals surface area contributed by atoms with Crippen molar-refractivity contribution in [1.82, 2.24) is 25.2 Å². The van der Waals surface area contributed by atoms with Gasteiger partial charge in [0, 0.05) is 60.2 Å². The van der Waals surface area contributed by atoms with E-state index < -0.39 is 23.9 Å². The molecule has 4 rings (SSSR count). The molecule has 2 atom stereocenters. The van der Waals surface area contributed by atoms with Gasteiger partial charge in [-0.3, -0.25) is 9.59 Å². The number of likely N-dealkylation sites (N-methyl/N-ethyl adjacent to an activating group) is 1. The summed E-state index contributed by atoms with van der Waals surface area (Å²) in [5, 5.41) is 3.48. The first-order valence-electron chi connectivity index (χ1n) is 11.8. The summed E-state index contributed by atoms with van der Waals surface area (Å²) in [6, 6.07) is 4.41. The molecule has 38 heavy (non-hydrogen) atoms. The molecular weight excluding hydrogens is 523 g/mol. The summed E-state index contributed by atoms with van der Waals surface area (Å²) in [7, 11) is 1.72. The van der Waals surface area contributed by atoms with Crippen molar-refractivity contribution < 1.29 is 32.2 Å². The maximum Gasteiger partial charge on any atom is 0.451 e. The molecule has 0 bridgehead atoms. The van der Waals surface area contributed by atoms with Crippen molar-refractivity contribution in [2.24, 2.45) is 0 Å². The van der Waals surface area contributed by atoms with Crippen molar-refractivity contribution in [2.45, 2.75) is 38.6 Å². The van der Waals surface area contributed by atoms with Crippen LogP contribution in [0.3, 0.4) is 0 Å². The second-order valence-electron chi connectivity index (χ2n) is 8.90. The van der Waals surface area contributed by atoms with Crippen LogP contribution in [-0.2, 0) is 15.7 Å². The van der Waals surface area contributed by atoms with Crippen LogP contribution in [0.15, 0.2) is 36.8 Å². The molecule has 202 valence electrons. The van der Waals surface area contributed by atoms with E-state index >= 15 is 0 Å². The van der Waals surface area contributed by atoms with Gasteiger partial charge < -0.3 is 19.7 Å². The minimum Gasteiger partial charge on any atom is -0.493 e. The molecular formula is C25H26F3N5O4S. The van der Waals surface area contributed by atoms with Gasteiger partial charge in [0.05, 0.1) is 18.8 Å². The first-order chi connectivity index (χ1) is 18.0. The molecule has 13 heteroatoms. The Bertz CT molecular complexity index is 1300. The third-order valence-electron chi connectivity index (χ3n) is 5.86. The average Bonchev–Trinajstić information content (AvgIpc) is 3.32. The third-order valence-corrected chi connectivity index (χ3v) is 6.83. The Morgan fingerprint density at radius 3 is 2.61 bits per heavy atom. The second kappa shape index (κ2) is 11.4. The number of halogens is 3. The first kappa shape index (κ1) is 27.5. The van der Waals surface area contributed by atoms with E-state index in [0.29, 0.717) is 47.0 Å². The minimum absolute atomic E-state index is 0.0343. The number of nitrogens with one attached hydrogen (secondary N) is 1. The van der Waals surface area contributed by atoms with Crippen molar-refractivity contribution >= 4 is 23.2 Å². The highest BCUT2D eigenvalue weighted by atomic mass is 32.1. The van der Waals surface area contributed by atoms with E-state index in [4.69, 9.17) is 9.47 Å². The number of morpholine rings is 1. The molecule has 1 saturated heterocycles. The van der Waals surface area contributed by atoms with E-state index in [1.165, 1.54) is 11.3 Å². The number of hydrogen-bond donors (Lipinski definition) is 1. The van der Waals surface area contributed by atoms with E-state index in [9.17, 15) is 22.8 Å². The van der Waals surface area contributed by atoms with Crippen LogP contribution >= 0.6 is 11.3 Å². The molecule has 3 aromatic rings. The van der Waals surface area contributed by atoms with Gasteiger partial charge in [-0.2, -0.15) is 13.2 Å². The Kier molecular flexibility index (Phi) is 8.26. The lowest BCUT2D eigenvalue weighted by atomic mass is 10.1. The monoisotopic (exact) mass is 549 g/mol. The fourth-order valence-electron chi connectivity index (χ4n) is 3.74. The van der Waals surface area contributed by atoms with Crippen LogP contribution in [0.5, 0.6) is 5.75 Å². The largest absolute Gasteiger partial charge is 0.493 e. The van der Waals surface area contributed by atoms with Crippen molar-refractivity contribution in [3.63, 3.8) is 0 Å². The number of amides is 2. The maximum atomic E-state index is 13.1. The van der Waals surface area contributed by atoms with Crippen molar-refractivity contribution in [1.29, 1.82) is 0 Å². The Hall–Kier alpha value is -3.58. The zero-order valence-electron chi connectivity index (χ0n) is 20.9. The molecule has 0 saturated carbocycles. The number of hydrogen-bond acceptors (Lipinski definition) is 8. The van der Waals surface area contributed by atoms with Crippen LogP contribution in [0.25, 0.3) is 10.6 Å². The number of benzene rings is 1. The first-order valence-corrected chi connectivity index (χ1v) is 12.6. The fraction of sp³-hybridized carbons (Fsp3) is 0.400. The standard InChI is InChI=1S/C25H26F3N5O4S/c1-14-9-29-23(38-14)17-6-16(7-20(8-17)36-5-4-19-12-33(3)21(34)13-37-19)22(35)32-15(2)18-10-30-24(31-11-18)25(26,27)28/h6-11,15,19H,4-5,12-13H2,1-3H3,(H,32,35)/t15-,19+/m1/s1. The predicted octanol–water partition coefficient (Wildman–Crippen LogP) is 4.04. The van der Waals surface area contributed by atoms with Crippen molar-refractivity contribution in [3.05, 3.63) is 58.6 Å². The Morgan fingerprint density at radius 1 is 1.24 bits per heavy atom. The summed E-state index contributed by atoms with van der Waals surface area (Å²) >= 11 is 1.47. The Morgan fingerprint density at radius 2 is 1.97 bits per heavy atom. The number of thiazole rings is 1. The zero-order chi connectivity index (χ0) is 27.4. The highest BCUT2D eigenvalue weighted by Gasteiger charge is 2.34. The number of carbonyl (C=O) groups excluding carboxylic acids is 2. The molecule has 3 heterocycles. The SMILES string of the molecule is Cc1cnc(-c2cc(OCC[C@H]3CN(C)C(=O)CO3)cc(C(=O)N[C@H](C)c3cnc(C(F)(F)F)nc3)c2)s1. The molecule has 2 amide bonds. The zero-order valence-corrected chi connectivity index (χ0v) is 21.7. The molecule has 1 aliphatic heterocycles. The average molecular weight is 550 g/mol.